The van der Waals surface area contributed by atoms with Crippen molar-refractivity contribution in [2.75, 3.05) is 11.6 Å². The summed E-state index contributed by atoms with van der Waals surface area (Å²) < 4.78 is 8.61. The minimum absolute atomic E-state index is 0.464. The number of aromatic nitrogens is 2. The zero-order valence-electron chi connectivity index (χ0n) is 21.5. The number of rotatable bonds is 5. The maximum atomic E-state index is 6.41. The van der Waals surface area contributed by atoms with E-state index in [1.165, 1.54) is 5.39 Å². The number of pyridine rings is 1. The van der Waals surface area contributed by atoms with Gasteiger partial charge in [0.05, 0.1) is 17.9 Å². The molecule has 2 aromatic heterocycles. The molecule has 0 atom stereocenters. The third-order valence-corrected chi connectivity index (χ3v) is 7.26. The van der Waals surface area contributed by atoms with Gasteiger partial charge in [0.2, 0.25) is 0 Å². The Morgan fingerprint density at radius 2 is 1.55 bits per heavy atom. The molecule has 0 saturated heterocycles. The Morgan fingerprint density at radius 3 is 2.39 bits per heavy atom. The molecule has 1 aliphatic heterocycles. The highest BCUT2D eigenvalue weighted by molar-refractivity contribution is 6.12. The average Bonchev–Trinajstić information content (AvgIpc) is 3.63. The Labute approximate surface area is 221 Å². The predicted octanol–water partition coefficient (Wildman–Crippen LogP) is 8.06. The van der Waals surface area contributed by atoms with E-state index in [1.807, 2.05) is 30.3 Å². The van der Waals surface area contributed by atoms with Gasteiger partial charge < -0.3 is 14.5 Å². The lowest BCUT2D eigenvalue weighted by molar-refractivity contribution is 0.336. The molecule has 0 radical (unpaired) electrons. The van der Waals surface area contributed by atoms with E-state index in [1.54, 1.807) is 0 Å². The summed E-state index contributed by atoms with van der Waals surface area (Å²) in [5.41, 5.74) is 5.23. The molecule has 0 spiro atoms. The van der Waals surface area contributed by atoms with Gasteiger partial charge in [0.1, 0.15) is 17.1 Å². The van der Waals surface area contributed by atoms with Gasteiger partial charge in [0.25, 0.3) is 0 Å². The number of hydrogen-bond acceptors (Lipinski definition) is 4. The van der Waals surface area contributed by atoms with E-state index in [-0.39, 0.29) is 0 Å². The van der Waals surface area contributed by atoms with Crippen LogP contribution in [0, 0.1) is 0 Å². The molecule has 186 valence electrons. The average molecular weight is 497 g/mol. The predicted molar refractivity (Wildman–Crippen MR) is 156 cm³/mol. The second-order valence-electron chi connectivity index (χ2n) is 10.0. The molecule has 0 amide bonds. The van der Waals surface area contributed by atoms with Crippen LogP contribution >= 0.6 is 0 Å². The van der Waals surface area contributed by atoms with Gasteiger partial charge in [-0.1, -0.05) is 54.6 Å². The molecule has 0 unspecified atom stereocenters. The van der Waals surface area contributed by atoms with E-state index in [0.29, 0.717) is 6.04 Å². The Morgan fingerprint density at radius 1 is 0.737 bits per heavy atom. The summed E-state index contributed by atoms with van der Waals surface area (Å²) in [5.74, 6) is 1.60. The molecule has 3 heterocycles. The topological polar surface area (TPSA) is 33.0 Å². The highest BCUT2D eigenvalue weighted by Crippen LogP contribution is 2.35. The first-order valence-electron chi connectivity index (χ1n) is 13.0. The van der Waals surface area contributed by atoms with E-state index >= 15 is 0 Å². The largest absolute Gasteiger partial charge is 0.457 e. The second kappa shape index (κ2) is 8.96. The summed E-state index contributed by atoms with van der Waals surface area (Å²) in [6.07, 6.45) is 6.40. The fourth-order valence-corrected chi connectivity index (χ4v) is 5.22. The number of fused-ring (bicyclic) bond motifs is 6. The lowest BCUT2D eigenvalue weighted by atomic mass is 10.1. The zero-order valence-corrected chi connectivity index (χ0v) is 21.5. The molecule has 7 rings (SSSR count). The van der Waals surface area contributed by atoms with Crippen LogP contribution in [-0.4, -0.2) is 27.0 Å². The fourth-order valence-electron chi connectivity index (χ4n) is 5.22. The van der Waals surface area contributed by atoms with Crippen LogP contribution in [0.5, 0.6) is 11.5 Å². The first-order chi connectivity index (χ1) is 18.6. The van der Waals surface area contributed by atoms with Crippen molar-refractivity contribution in [3.63, 3.8) is 0 Å². The van der Waals surface area contributed by atoms with Crippen molar-refractivity contribution in [2.24, 2.45) is 0 Å². The van der Waals surface area contributed by atoms with E-state index < -0.39 is 0 Å². The molecular weight excluding hydrogens is 468 g/mol. The second-order valence-corrected chi connectivity index (χ2v) is 10.0. The monoisotopic (exact) mass is 496 g/mol. The van der Waals surface area contributed by atoms with Crippen molar-refractivity contribution in [2.45, 2.75) is 19.9 Å². The summed E-state index contributed by atoms with van der Waals surface area (Å²) in [5, 5.41) is 3.42. The number of nitrogens with zero attached hydrogens (tertiary/aromatic N) is 4. The number of benzene rings is 4. The van der Waals surface area contributed by atoms with Gasteiger partial charge in [-0.3, -0.25) is 4.40 Å². The molecule has 0 aliphatic carbocycles. The smallest absolute Gasteiger partial charge is 0.146 e. The molecule has 38 heavy (non-hydrogen) atoms. The van der Waals surface area contributed by atoms with Crippen molar-refractivity contribution < 1.29 is 4.74 Å². The molecule has 4 aromatic carbocycles. The van der Waals surface area contributed by atoms with Gasteiger partial charge in [-0.2, -0.15) is 0 Å². The highest BCUT2D eigenvalue weighted by Gasteiger charge is 2.17. The number of ether oxygens (including phenoxy) is 1. The molecule has 0 saturated carbocycles. The van der Waals surface area contributed by atoms with E-state index in [0.717, 1.165) is 57.0 Å². The number of anilines is 1. The van der Waals surface area contributed by atoms with Crippen LogP contribution in [0.4, 0.5) is 5.69 Å². The first kappa shape index (κ1) is 22.4. The van der Waals surface area contributed by atoms with Crippen LogP contribution < -0.4 is 9.64 Å². The lowest BCUT2D eigenvalue weighted by Gasteiger charge is -2.24. The van der Waals surface area contributed by atoms with Crippen molar-refractivity contribution in [3.05, 3.63) is 116 Å². The van der Waals surface area contributed by atoms with Crippen LogP contribution in [0.1, 0.15) is 13.8 Å². The van der Waals surface area contributed by atoms with Gasteiger partial charge in [-0.25, -0.2) is 4.98 Å². The van der Waals surface area contributed by atoms with E-state index in [4.69, 9.17) is 9.72 Å². The molecule has 5 heteroatoms. The summed E-state index contributed by atoms with van der Waals surface area (Å²) in [4.78, 5) is 9.63. The number of para-hydroxylation sites is 1. The van der Waals surface area contributed by atoms with Crippen molar-refractivity contribution in [1.82, 2.24) is 14.3 Å². The summed E-state index contributed by atoms with van der Waals surface area (Å²) in [6.45, 7) is 5.25. The maximum absolute atomic E-state index is 6.41. The molecule has 5 nitrogen and oxygen atoms in total. The Hall–Kier alpha value is -4.77. The molecule has 1 aliphatic rings. The van der Waals surface area contributed by atoms with Gasteiger partial charge in [0, 0.05) is 52.7 Å². The van der Waals surface area contributed by atoms with E-state index in [9.17, 15) is 0 Å². The molecule has 0 bridgehead atoms. The van der Waals surface area contributed by atoms with Crippen LogP contribution in [0.3, 0.4) is 0 Å². The van der Waals surface area contributed by atoms with Crippen LogP contribution in [-0.2, 0) is 0 Å². The van der Waals surface area contributed by atoms with Crippen molar-refractivity contribution in [3.8, 4) is 22.8 Å². The SMILES string of the molecule is CC(C)N1C=CN(c2cccc(Oc3ccc4c5ccccc5n5cc(-c6ccccc6)nc5c4c3)c2)C1. The maximum Gasteiger partial charge on any atom is 0.146 e. The first-order valence-corrected chi connectivity index (χ1v) is 13.0. The summed E-state index contributed by atoms with van der Waals surface area (Å²) >= 11 is 0. The van der Waals surface area contributed by atoms with Crippen LogP contribution in [0.2, 0.25) is 0 Å². The Kier molecular flexibility index (Phi) is 5.29. The summed E-state index contributed by atoms with van der Waals surface area (Å²) in [6, 6.07) is 33.9. The third-order valence-electron chi connectivity index (χ3n) is 7.26. The molecular formula is C33H28N4O. The van der Waals surface area contributed by atoms with Crippen molar-refractivity contribution >= 4 is 33.0 Å². The summed E-state index contributed by atoms with van der Waals surface area (Å²) in [7, 11) is 0. The van der Waals surface area contributed by atoms with Gasteiger partial charge >= 0.3 is 0 Å². The van der Waals surface area contributed by atoms with E-state index in [2.05, 4.69) is 113 Å². The number of hydrogen-bond donors (Lipinski definition) is 0. The molecule has 0 N–H and O–H groups in total. The minimum atomic E-state index is 0.464. The van der Waals surface area contributed by atoms with Gasteiger partial charge in [-0.05, 0) is 55.6 Å². The Balaban J connectivity index is 1.30. The van der Waals surface area contributed by atoms with Gasteiger partial charge in [-0.15, -0.1) is 0 Å². The Bertz CT molecular complexity index is 1820. The standard InChI is InChI=1S/C33H28N4O/c1-23(2)35-17-18-36(22-35)25-11-8-12-26(19-25)38-27-15-16-28-29-13-6-7-14-32(29)37-21-31(24-9-4-3-5-10-24)34-33(37)30(28)20-27/h3-21,23H,22H2,1-2H3. The molecule has 0 fully saturated rings. The van der Waals surface area contributed by atoms with Crippen molar-refractivity contribution in [1.29, 1.82) is 0 Å². The minimum Gasteiger partial charge on any atom is -0.457 e. The highest BCUT2D eigenvalue weighted by atomic mass is 16.5. The van der Waals surface area contributed by atoms with Crippen LogP contribution in [0.25, 0.3) is 38.6 Å². The fraction of sp³-hybridized carbons (Fsp3) is 0.121. The normalized spacial score (nSPS) is 13.4. The quantitative estimate of drug-likeness (QED) is 0.226. The van der Waals surface area contributed by atoms with Crippen LogP contribution in [0.15, 0.2) is 116 Å². The molecule has 6 aromatic rings. The lowest BCUT2D eigenvalue weighted by Crippen LogP contribution is -2.30. The van der Waals surface area contributed by atoms with Gasteiger partial charge in [0.15, 0.2) is 0 Å². The zero-order chi connectivity index (χ0) is 25.6. The number of imidazole rings is 1. The third kappa shape index (κ3) is 3.84.